The van der Waals surface area contributed by atoms with Crippen molar-refractivity contribution in [3.05, 3.63) is 0 Å². The molecule has 0 heterocycles. The van der Waals surface area contributed by atoms with Gasteiger partial charge in [-0.25, -0.2) is 4.79 Å². The van der Waals surface area contributed by atoms with Gasteiger partial charge in [0.05, 0.1) is 0 Å². The zero-order chi connectivity index (χ0) is 16.0. The van der Waals surface area contributed by atoms with E-state index in [0.717, 1.165) is 0 Å². The summed E-state index contributed by atoms with van der Waals surface area (Å²) in [6, 6.07) is 0. The lowest BCUT2D eigenvalue weighted by Gasteiger charge is -2.16. The Morgan fingerprint density at radius 1 is 0.900 bits per heavy atom. The number of halogens is 3. The van der Waals surface area contributed by atoms with E-state index in [1.807, 2.05) is 0 Å². The first-order chi connectivity index (χ1) is 9.29. The van der Waals surface area contributed by atoms with Crippen molar-refractivity contribution in [3.63, 3.8) is 0 Å². The van der Waals surface area contributed by atoms with Crippen LogP contribution in [0.3, 0.4) is 0 Å². The lowest BCUT2D eigenvalue weighted by molar-refractivity contribution is -0.192. The first kappa shape index (κ1) is 22.0. The molecule has 0 atom stereocenters. The molecule has 0 saturated heterocycles. The standard InChI is InChI=1S/C12H27P.C2HF3O2/c1-4-7-10-13(11-8-5-2)12-9-6-3;3-2(4,5)1(6)7/h4-12H2,1-3H3;(H,6,7). The molecule has 20 heavy (non-hydrogen) atoms. The van der Waals surface area contributed by atoms with Crippen molar-refractivity contribution in [1.29, 1.82) is 0 Å². The Hall–Kier alpha value is -0.310. The van der Waals surface area contributed by atoms with Crippen molar-refractivity contribution in [2.75, 3.05) is 18.5 Å². The molecule has 0 aromatic heterocycles. The molecule has 0 bridgehead atoms. The van der Waals surface area contributed by atoms with Gasteiger partial charge in [0.25, 0.3) is 0 Å². The SMILES string of the molecule is CCCCP(CCCC)CCCC.O=C(O)C(F)(F)F. The van der Waals surface area contributed by atoms with Crippen LogP contribution in [0.5, 0.6) is 0 Å². The average molecular weight is 316 g/mol. The summed E-state index contributed by atoms with van der Waals surface area (Å²) in [6.45, 7) is 6.94. The zero-order valence-corrected chi connectivity index (χ0v) is 13.7. The maximum Gasteiger partial charge on any atom is 0.490 e. The first-order valence-electron chi connectivity index (χ1n) is 7.31. The summed E-state index contributed by atoms with van der Waals surface area (Å²) in [7, 11) is 0.422. The number of alkyl halides is 3. The van der Waals surface area contributed by atoms with Crippen molar-refractivity contribution in [2.45, 2.75) is 65.5 Å². The molecule has 0 aliphatic heterocycles. The number of carboxylic acids is 1. The van der Waals surface area contributed by atoms with E-state index in [2.05, 4.69) is 20.8 Å². The van der Waals surface area contributed by atoms with Crippen molar-refractivity contribution < 1.29 is 23.1 Å². The van der Waals surface area contributed by atoms with E-state index in [9.17, 15) is 13.2 Å². The lowest BCUT2D eigenvalue weighted by Crippen LogP contribution is -2.21. The summed E-state index contributed by atoms with van der Waals surface area (Å²) in [5, 5.41) is 7.12. The van der Waals surface area contributed by atoms with Crippen LogP contribution in [0.25, 0.3) is 0 Å². The van der Waals surface area contributed by atoms with Crippen LogP contribution in [0.4, 0.5) is 13.2 Å². The van der Waals surface area contributed by atoms with Crippen LogP contribution < -0.4 is 0 Å². The van der Waals surface area contributed by atoms with E-state index < -0.39 is 12.1 Å². The van der Waals surface area contributed by atoms with Crippen LogP contribution in [0, 0.1) is 0 Å². The molecule has 0 amide bonds. The number of hydrogen-bond acceptors (Lipinski definition) is 1. The molecule has 0 radical (unpaired) electrons. The second-order valence-corrected chi connectivity index (χ2v) is 7.39. The Bertz CT molecular complexity index is 214. The van der Waals surface area contributed by atoms with Crippen molar-refractivity contribution in [2.24, 2.45) is 0 Å². The smallest absolute Gasteiger partial charge is 0.475 e. The first-order valence-corrected chi connectivity index (χ1v) is 9.21. The van der Waals surface area contributed by atoms with Gasteiger partial charge < -0.3 is 5.11 Å². The summed E-state index contributed by atoms with van der Waals surface area (Å²) in [5.74, 6) is -2.76. The van der Waals surface area contributed by atoms with Crippen LogP contribution >= 0.6 is 7.92 Å². The van der Waals surface area contributed by atoms with Gasteiger partial charge >= 0.3 is 12.1 Å². The highest BCUT2D eigenvalue weighted by Gasteiger charge is 2.38. The van der Waals surface area contributed by atoms with Gasteiger partial charge in [-0.2, -0.15) is 13.2 Å². The van der Waals surface area contributed by atoms with E-state index in [4.69, 9.17) is 9.90 Å². The molecule has 0 aliphatic carbocycles. The largest absolute Gasteiger partial charge is 0.490 e. The summed E-state index contributed by atoms with van der Waals surface area (Å²) in [4.78, 5) is 8.90. The minimum atomic E-state index is -5.08. The van der Waals surface area contributed by atoms with E-state index in [-0.39, 0.29) is 0 Å². The minimum Gasteiger partial charge on any atom is -0.475 e. The number of carbonyl (C=O) groups is 1. The summed E-state index contributed by atoms with van der Waals surface area (Å²) < 4.78 is 31.7. The average Bonchev–Trinajstić information content (AvgIpc) is 2.37. The van der Waals surface area contributed by atoms with Crippen molar-refractivity contribution in [1.82, 2.24) is 0 Å². The highest BCUT2D eigenvalue weighted by Crippen LogP contribution is 2.38. The highest BCUT2D eigenvalue weighted by molar-refractivity contribution is 7.57. The molecule has 0 saturated carbocycles. The van der Waals surface area contributed by atoms with Crippen LogP contribution in [0.1, 0.15) is 59.3 Å². The molecule has 122 valence electrons. The van der Waals surface area contributed by atoms with Gasteiger partial charge in [-0.15, -0.1) is 7.92 Å². The van der Waals surface area contributed by atoms with Gasteiger partial charge in [0.15, 0.2) is 0 Å². The minimum absolute atomic E-state index is 0.422. The van der Waals surface area contributed by atoms with E-state index in [0.29, 0.717) is 7.92 Å². The Kier molecular flexibility index (Phi) is 15.0. The summed E-state index contributed by atoms with van der Waals surface area (Å²) >= 11 is 0. The third-order valence-corrected chi connectivity index (χ3v) is 5.57. The molecule has 0 aliphatic rings. The Morgan fingerprint density at radius 3 is 1.30 bits per heavy atom. The Morgan fingerprint density at radius 2 is 1.15 bits per heavy atom. The molecule has 0 aromatic carbocycles. The molecule has 1 N–H and O–H groups in total. The fraction of sp³-hybridized carbons (Fsp3) is 0.929. The quantitative estimate of drug-likeness (QED) is 0.570. The van der Waals surface area contributed by atoms with E-state index >= 15 is 0 Å². The van der Waals surface area contributed by atoms with Gasteiger partial charge in [0.1, 0.15) is 0 Å². The molecule has 0 spiro atoms. The fourth-order valence-electron chi connectivity index (χ4n) is 1.48. The van der Waals surface area contributed by atoms with Crippen LogP contribution in [0.15, 0.2) is 0 Å². The normalized spacial score (nSPS) is 11.2. The van der Waals surface area contributed by atoms with Crippen molar-refractivity contribution in [3.8, 4) is 0 Å². The van der Waals surface area contributed by atoms with Gasteiger partial charge in [0.2, 0.25) is 0 Å². The second-order valence-electron chi connectivity index (χ2n) is 4.71. The van der Waals surface area contributed by atoms with E-state index in [1.165, 1.54) is 38.5 Å². The summed E-state index contributed by atoms with van der Waals surface area (Å²) in [5.41, 5.74) is 0. The predicted molar refractivity (Wildman–Crippen MR) is 79.9 cm³/mol. The highest BCUT2D eigenvalue weighted by atomic mass is 31.1. The molecule has 2 nitrogen and oxygen atoms in total. The number of carboxylic acid groups (broad SMARTS) is 1. The fourth-order valence-corrected chi connectivity index (χ4v) is 4.44. The number of hydrogen-bond donors (Lipinski definition) is 1. The lowest BCUT2D eigenvalue weighted by atomic mass is 10.4. The molecular formula is C14H28F3O2P. The van der Waals surface area contributed by atoms with Gasteiger partial charge in [0, 0.05) is 0 Å². The number of aliphatic carboxylic acids is 1. The molecule has 0 aromatic rings. The monoisotopic (exact) mass is 316 g/mol. The van der Waals surface area contributed by atoms with Gasteiger partial charge in [-0.3, -0.25) is 0 Å². The van der Waals surface area contributed by atoms with Gasteiger partial charge in [-0.1, -0.05) is 40.0 Å². The molecule has 0 unspecified atom stereocenters. The van der Waals surface area contributed by atoms with Crippen molar-refractivity contribution >= 4 is 13.9 Å². The Balaban J connectivity index is 0. The van der Waals surface area contributed by atoms with Crippen LogP contribution in [-0.2, 0) is 4.79 Å². The maximum absolute atomic E-state index is 10.6. The third kappa shape index (κ3) is 15.7. The Labute approximate surface area is 121 Å². The molecular weight excluding hydrogens is 288 g/mol. The predicted octanol–water partition coefficient (Wildman–Crippen LogP) is 5.50. The number of rotatable bonds is 9. The molecule has 0 rings (SSSR count). The van der Waals surface area contributed by atoms with Crippen LogP contribution in [-0.4, -0.2) is 35.7 Å². The van der Waals surface area contributed by atoms with Crippen LogP contribution in [0.2, 0.25) is 0 Å². The second kappa shape index (κ2) is 13.7. The van der Waals surface area contributed by atoms with E-state index in [1.54, 1.807) is 18.5 Å². The number of unbranched alkanes of at least 4 members (excludes halogenated alkanes) is 3. The maximum atomic E-state index is 10.6. The molecule has 6 heteroatoms. The topological polar surface area (TPSA) is 37.3 Å². The van der Waals surface area contributed by atoms with Gasteiger partial charge in [-0.05, 0) is 37.7 Å². The summed E-state index contributed by atoms with van der Waals surface area (Å²) in [6.07, 6.45) is 8.13. The third-order valence-electron chi connectivity index (χ3n) is 2.73. The zero-order valence-electron chi connectivity index (χ0n) is 12.8. The molecule has 0 fully saturated rings.